The molecule has 0 spiro atoms. The highest BCUT2D eigenvalue weighted by Crippen LogP contribution is 2.18. The lowest BCUT2D eigenvalue weighted by molar-refractivity contribution is -0.135. The summed E-state index contributed by atoms with van der Waals surface area (Å²) in [5.74, 6) is 0.307. The molecule has 1 aromatic heterocycles. The number of piperidine rings is 1. The average Bonchev–Trinajstić information content (AvgIpc) is 2.73. The predicted molar refractivity (Wildman–Crippen MR) is 105 cm³/mol. The molecule has 5 nitrogen and oxygen atoms in total. The predicted octanol–water partition coefficient (Wildman–Crippen LogP) is 2.61. The number of nitrogens with zero attached hydrogens (tertiary/aromatic N) is 2. The van der Waals surface area contributed by atoms with Crippen LogP contribution < -0.4 is 5.32 Å². The second kappa shape index (κ2) is 9.86. The van der Waals surface area contributed by atoms with Gasteiger partial charge in [0.05, 0.1) is 0 Å². The van der Waals surface area contributed by atoms with Crippen molar-refractivity contribution in [3.8, 4) is 0 Å². The van der Waals surface area contributed by atoms with E-state index in [4.69, 9.17) is 0 Å². The summed E-state index contributed by atoms with van der Waals surface area (Å²) >= 11 is 0. The van der Waals surface area contributed by atoms with Crippen LogP contribution in [0.25, 0.3) is 0 Å². The molecule has 1 aliphatic heterocycles. The van der Waals surface area contributed by atoms with Crippen LogP contribution in [0.2, 0.25) is 0 Å². The van der Waals surface area contributed by atoms with Gasteiger partial charge in [-0.05, 0) is 42.9 Å². The molecule has 1 N–H and O–H groups in total. The van der Waals surface area contributed by atoms with E-state index in [9.17, 15) is 9.59 Å². The maximum atomic E-state index is 12.4. The summed E-state index contributed by atoms with van der Waals surface area (Å²) < 4.78 is 0. The van der Waals surface area contributed by atoms with Crippen molar-refractivity contribution in [2.24, 2.45) is 5.92 Å². The van der Waals surface area contributed by atoms with Gasteiger partial charge in [0.25, 0.3) is 0 Å². The van der Waals surface area contributed by atoms with E-state index in [0.29, 0.717) is 26.1 Å². The first-order chi connectivity index (χ1) is 13.2. The van der Waals surface area contributed by atoms with E-state index in [0.717, 1.165) is 31.2 Å². The summed E-state index contributed by atoms with van der Waals surface area (Å²) in [6, 6.07) is 14.0. The highest BCUT2D eigenvalue weighted by atomic mass is 16.2. The molecular weight excluding hydrogens is 338 g/mol. The van der Waals surface area contributed by atoms with Crippen molar-refractivity contribution in [1.82, 2.24) is 15.2 Å². The highest BCUT2D eigenvalue weighted by Gasteiger charge is 2.26. The van der Waals surface area contributed by atoms with Crippen molar-refractivity contribution in [3.63, 3.8) is 0 Å². The molecule has 2 heterocycles. The fraction of sp³-hybridized carbons (Fsp3) is 0.409. The molecule has 1 saturated heterocycles. The number of aryl methyl sites for hydroxylation is 1. The molecule has 0 aliphatic carbocycles. The van der Waals surface area contributed by atoms with Gasteiger partial charge >= 0.3 is 0 Å². The number of hydrogen-bond acceptors (Lipinski definition) is 3. The summed E-state index contributed by atoms with van der Waals surface area (Å²) in [5.41, 5.74) is 2.31. The van der Waals surface area contributed by atoms with Gasteiger partial charge in [-0.25, -0.2) is 0 Å². The summed E-state index contributed by atoms with van der Waals surface area (Å²) in [7, 11) is 0. The molecule has 142 valence electrons. The van der Waals surface area contributed by atoms with Crippen LogP contribution in [-0.2, 0) is 22.4 Å². The van der Waals surface area contributed by atoms with Crippen LogP contribution in [0.5, 0.6) is 0 Å². The topological polar surface area (TPSA) is 62.3 Å². The van der Waals surface area contributed by atoms with E-state index >= 15 is 0 Å². The number of hydrogen-bond donors (Lipinski definition) is 1. The third kappa shape index (κ3) is 5.91. The van der Waals surface area contributed by atoms with Gasteiger partial charge in [-0.1, -0.05) is 36.4 Å². The summed E-state index contributed by atoms with van der Waals surface area (Å²) in [6.45, 7) is 1.98. The van der Waals surface area contributed by atoms with Crippen molar-refractivity contribution in [2.45, 2.75) is 32.1 Å². The monoisotopic (exact) mass is 365 g/mol. The molecule has 5 heteroatoms. The van der Waals surface area contributed by atoms with Gasteiger partial charge in [0, 0.05) is 44.4 Å². The van der Waals surface area contributed by atoms with Crippen molar-refractivity contribution in [1.29, 1.82) is 0 Å². The summed E-state index contributed by atoms with van der Waals surface area (Å²) in [5, 5.41) is 3.02. The smallest absolute Gasteiger partial charge is 0.223 e. The SMILES string of the molecule is O=C(NCCc1cccnc1)C1CCN(C(=O)CCc2ccccc2)CC1. The molecule has 0 radical (unpaired) electrons. The summed E-state index contributed by atoms with van der Waals surface area (Å²) in [4.78, 5) is 30.7. The van der Waals surface area contributed by atoms with Gasteiger partial charge < -0.3 is 10.2 Å². The second-order valence-electron chi connectivity index (χ2n) is 7.04. The number of rotatable bonds is 7. The molecule has 2 amide bonds. The van der Waals surface area contributed by atoms with Crippen molar-refractivity contribution in [2.75, 3.05) is 19.6 Å². The van der Waals surface area contributed by atoms with Crippen LogP contribution in [0.4, 0.5) is 0 Å². The number of benzene rings is 1. The molecule has 1 aromatic carbocycles. The van der Waals surface area contributed by atoms with Crippen molar-refractivity contribution < 1.29 is 9.59 Å². The van der Waals surface area contributed by atoms with E-state index < -0.39 is 0 Å². The minimum absolute atomic E-state index is 0.0112. The van der Waals surface area contributed by atoms with E-state index in [-0.39, 0.29) is 17.7 Å². The Morgan fingerprint density at radius 2 is 1.74 bits per heavy atom. The quantitative estimate of drug-likeness (QED) is 0.820. The standard InChI is InChI=1S/C22H27N3O2/c26-21(9-8-18-5-2-1-3-6-18)25-15-11-20(12-16-25)22(27)24-14-10-19-7-4-13-23-17-19/h1-7,13,17,20H,8-12,14-16H2,(H,24,27). The van der Waals surface area contributed by atoms with Gasteiger partial charge in [0.1, 0.15) is 0 Å². The molecule has 1 fully saturated rings. The van der Waals surface area contributed by atoms with Crippen LogP contribution in [0.15, 0.2) is 54.9 Å². The van der Waals surface area contributed by atoms with E-state index in [1.165, 1.54) is 5.56 Å². The third-order valence-electron chi connectivity index (χ3n) is 5.12. The summed E-state index contributed by atoms with van der Waals surface area (Å²) in [6.07, 6.45) is 7.16. The minimum atomic E-state index is 0.0112. The number of aromatic nitrogens is 1. The Labute approximate surface area is 160 Å². The number of carbonyl (C=O) groups excluding carboxylic acids is 2. The zero-order chi connectivity index (χ0) is 18.9. The Balaban J connectivity index is 1.35. The lowest BCUT2D eigenvalue weighted by Gasteiger charge is -2.31. The van der Waals surface area contributed by atoms with Gasteiger partial charge in [-0.2, -0.15) is 0 Å². The Hall–Kier alpha value is -2.69. The molecular formula is C22H27N3O2. The first-order valence-corrected chi connectivity index (χ1v) is 9.70. The second-order valence-corrected chi connectivity index (χ2v) is 7.04. The Bertz CT molecular complexity index is 726. The molecule has 1 aliphatic rings. The van der Waals surface area contributed by atoms with Crippen molar-refractivity contribution in [3.05, 3.63) is 66.0 Å². The van der Waals surface area contributed by atoms with E-state index in [1.807, 2.05) is 41.4 Å². The van der Waals surface area contributed by atoms with Gasteiger partial charge in [-0.15, -0.1) is 0 Å². The van der Waals surface area contributed by atoms with Crippen LogP contribution in [0.1, 0.15) is 30.4 Å². The number of likely N-dealkylation sites (tertiary alicyclic amines) is 1. The van der Waals surface area contributed by atoms with E-state index in [2.05, 4.69) is 22.4 Å². The molecule has 0 unspecified atom stereocenters. The third-order valence-corrected chi connectivity index (χ3v) is 5.12. The lowest BCUT2D eigenvalue weighted by atomic mass is 9.95. The van der Waals surface area contributed by atoms with Crippen LogP contribution in [0.3, 0.4) is 0 Å². The maximum absolute atomic E-state index is 12.4. The first kappa shape index (κ1) is 19.1. The van der Waals surface area contributed by atoms with Crippen LogP contribution in [0, 0.1) is 5.92 Å². The molecule has 0 bridgehead atoms. The minimum Gasteiger partial charge on any atom is -0.356 e. The molecule has 3 rings (SSSR count). The van der Waals surface area contributed by atoms with Gasteiger partial charge in [-0.3, -0.25) is 14.6 Å². The number of amides is 2. The Morgan fingerprint density at radius 1 is 1.00 bits per heavy atom. The van der Waals surface area contributed by atoms with Gasteiger partial charge in [0.15, 0.2) is 0 Å². The molecule has 0 atom stereocenters. The zero-order valence-corrected chi connectivity index (χ0v) is 15.6. The Kier molecular flexibility index (Phi) is 6.97. The number of nitrogens with one attached hydrogen (secondary N) is 1. The normalized spacial score (nSPS) is 14.7. The highest BCUT2D eigenvalue weighted by molar-refractivity contribution is 5.80. The van der Waals surface area contributed by atoms with Crippen LogP contribution in [-0.4, -0.2) is 41.3 Å². The first-order valence-electron chi connectivity index (χ1n) is 9.70. The molecule has 2 aromatic rings. The van der Waals surface area contributed by atoms with Crippen LogP contribution >= 0.6 is 0 Å². The molecule has 0 saturated carbocycles. The van der Waals surface area contributed by atoms with Gasteiger partial charge in [0.2, 0.25) is 11.8 Å². The fourth-order valence-corrected chi connectivity index (χ4v) is 3.47. The van der Waals surface area contributed by atoms with E-state index in [1.54, 1.807) is 6.20 Å². The number of carbonyl (C=O) groups is 2. The number of pyridine rings is 1. The average molecular weight is 365 g/mol. The largest absolute Gasteiger partial charge is 0.356 e. The lowest BCUT2D eigenvalue weighted by Crippen LogP contribution is -2.43. The molecule has 27 heavy (non-hydrogen) atoms. The zero-order valence-electron chi connectivity index (χ0n) is 15.6. The van der Waals surface area contributed by atoms with Crippen molar-refractivity contribution >= 4 is 11.8 Å². The fourth-order valence-electron chi connectivity index (χ4n) is 3.47. The maximum Gasteiger partial charge on any atom is 0.223 e. The Morgan fingerprint density at radius 3 is 2.44 bits per heavy atom.